The second kappa shape index (κ2) is 9.91. The summed E-state index contributed by atoms with van der Waals surface area (Å²) in [6.45, 7) is 1.40. The Bertz CT molecular complexity index is 1200. The van der Waals surface area contributed by atoms with Crippen molar-refractivity contribution in [3.05, 3.63) is 82.8 Å². The second-order valence-corrected chi connectivity index (χ2v) is 8.79. The molecule has 1 aliphatic carbocycles. The summed E-state index contributed by atoms with van der Waals surface area (Å²) in [7, 11) is 0. The number of rotatable bonds is 7. The summed E-state index contributed by atoms with van der Waals surface area (Å²) < 4.78 is 40.2. The van der Waals surface area contributed by atoms with Gasteiger partial charge in [-0.15, -0.1) is 0 Å². The van der Waals surface area contributed by atoms with Crippen molar-refractivity contribution in [2.24, 2.45) is 0 Å². The number of carbonyl (C=O) groups is 2. The quantitative estimate of drug-likeness (QED) is 0.407. The number of carbonyl (C=O) groups excluding carboxylic acids is 2. The van der Waals surface area contributed by atoms with Gasteiger partial charge in [0.25, 0.3) is 5.91 Å². The molecule has 3 aromatic rings. The van der Waals surface area contributed by atoms with Crippen molar-refractivity contribution >= 4 is 17.6 Å². The number of benzene rings is 2. The standard InChI is InChI=1S/C25H25F3N4O3/c1-14(29-24(35)22(33)15-10-18(27)12-19(28)11-15)23(34)30-21-13-20(31-32-21)25(8-2-3-9-25)16-4-6-17(26)7-5-16/h4-7,10-14,22,33H,2-3,8-9H2,1H3,(H,29,35)(H2,30,31,32,34). The first kappa shape index (κ1) is 24.5. The van der Waals surface area contributed by atoms with Crippen molar-refractivity contribution < 1.29 is 27.9 Å². The first-order valence-electron chi connectivity index (χ1n) is 11.3. The van der Waals surface area contributed by atoms with Gasteiger partial charge in [-0.25, -0.2) is 13.2 Å². The molecule has 10 heteroatoms. The summed E-state index contributed by atoms with van der Waals surface area (Å²) in [5.41, 5.74) is 1.01. The van der Waals surface area contributed by atoms with E-state index in [1.165, 1.54) is 19.1 Å². The van der Waals surface area contributed by atoms with Crippen LogP contribution in [0.15, 0.2) is 48.5 Å². The van der Waals surface area contributed by atoms with Crippen LogP contribution in [0.25, 0.3) is 0 Å². The van der Waals surface area contributed by atoms with Gasteiger partial charge in [0.05, 0.1) is 5.69 Å². The highest BCUT2D eigenvalue weighted by molar-refractivity contribution is 5.97. The van der Waals surface area contributed by atoms with Crippen LogP contribution in [-0.2, 0) is 15.0 Å². The smallest absolute Gasteiger partial charge is 0.254 e. The normalized spacial score (nSPS) is 16.5. The van der Waals surface area contributed by atoms with E-state index in [1.54, 1.807) is 18.2 Å². The zero-order valence-corrected chi connectivity index (χ0v) is 18.9. The fraction of sp³-hybridized carbons (Fsp3) is 0.320. The molecular formula is C25H25F3N4O3. The average Bonchev–Trinajstić information content (AvgIpc) is 3.49. The van der Waals surface area contributed by atoms with Crippen LogP contribution in [0.3, 0.4) is 0 Å². The molecule has 0 saturated heterocycles. The molecule has 184 valence electrons. The molecule has 1 heterocycles. The maximum atomic E-state index is 13.4. The number of aromatic amines is 1. The van der Waals surface area contributed by atoms with Crippen LogP contribution in [0.5, 0.6) is 0 Å². The summed E-state index contributed by atoms with van der Waals surface area (Å²) >= 11 is 0. The number of aliphatic hydroxyl groups is 1. The highest BCUT2D eigenvalue weighted by atomic mass is 19.1. The Labute approximate surface area is 199 Å². The number of H-pyrrole nitrogens is 1. The zero-order chi connectivity index (χ0) is 25.2. The van der Waals surface area contributed by atoms with Crippen LogP contribution in [0, 0.1) is 17.5 Å². The maximum absolute atomic E-state index is 13.4. The van der Waals surface area contributed by atoms with Crippen LogP contribution in [0.4, 0.5) is 19.0 Å². The number of amides is 2. The molecule has 1 saturated carbocycles. The Morgan fingerprint density at radius 3 is 2.23 bits per heavy atom. The van der Waals surface area contributed by atoms with E-state index in [-0.39, 0.29) is 11.4 Å². The molecule has 1 fully saturated rings. The number of hydrogen-bond donors (Lipinski definition) is 4. The van der Waals surface area contributed by atoms with E-state index in [1.807, 2.05) is 0 Å². The summed E-state index contributed by atoms with van der Waals surface area (Å²) in [5.74, 6) is -3.45. The number of halogens is 3. The van der Waals surface area contributed by atoms with Crippen molar-refractivity contribution in [3.63, 3.8) is 0 Å². The van der Waals surface area contributed by atoms with Crippen molar-refractivity contribution in [3.8, 4) is 0 Å². The summed E-state index contributed by atoms with van der Waals surface area (Å²) in [6, 6.07) is 9.28. The van der Waals surface area contributed by atoms with Crippen LogP contribution in [0.2, 0.25) is 0 Å². The Balaban J connectivity index is 1.42. The second-order valence-electron chi connectivity index (χ2n) is 8.79. The van der Waals surface area contributed by atoms with E-state index in [9.17, 15) is 27.9 Å². The SMILES string of the molecule is CC(NC(=O)C(O)c1cc(F)cc(F)c1)C(=O)Nc1cc(C2(c3ccc(F)cc3)CCCC2)n[nH]1. The molecule has 0 spiro atoms. The first-order chi connectivity index (χ1) is 16.7. The highest BCUT2D eigenvalue weighted by Gasteiger charge is 2.39. The lowest BCUT2D eigenvalue weighted by Crippen LogP contribution is -2.43. The number of anilines is 1. The van der Waals surface area contributed by atoms with E-state index in [0.717, 1.165) is 49.1 Å². The lowest BCUT2D eigenvalue weighted by molar-refractivity contribution is -0.132. The fourth-order valence-electron chi connectivity index (χ4n) is 4.55. The van der Waals surface area contributed by atoms with Crippen LogP contribution in [-0.4, -0.2) is 33.2 Å². The maximum Gasteiger partial charge on any atom is 0.254 e. The molecule has 1 aliphatic rings. The van der Waals surface area contributed by atoms with Crippen molar-refractivity contribution in [2.75, 3.05) is 5.32 Å². The van der Waals surface area contributed by atoms with Gasteiger partial charge >= 0.3 is 0 Å². The number of hydrogen-bond acceptors (Lipinski definition) is 4. The van der Waals surface area contributed by atoms with E-state index >= 15 is 0 Å². The molecule has 1 aromatic heterocycles. The average molecular weight is 486 g/mol. The molecule has 2 amide bonds. The third kappa shape index (κ3) is 5.22. The number of aliphatic hydroxyl groups excluding tert-OH is 1. The van der Waals surface area contributed by atoms with E-state index in [0.29, 0.717) is 11.9 Å². The predicted molar refractivity (Wildman–Crippen MR) is 122 cm³/mol. The molecule has 4 N–H and O–H groups in total. The Hall–Kier alpha value is -3.66. The molecule has 4 rings (SSSR count). The molecule has 7 nitrogen and oxygen atoms in total. The molecule has 2 aromatic carbocycles. The molecular weight excluding hydrogens is 461 g/mol. The molecule has 0 bridgehead atoms. The molecule has 0 aliphatic heterocycles. The monoisotopic (exact) mass is 486 g/mol. The third-order valence-corrected chi connectivity index (χ3v) is 6.38. The van der Waals surface area contributed by atoms with E-state index < -0.39 is 41.0 Å². The van der Waals surface area contributed by atoms with Gasteiger partial charge in [0.15, 0.2) is 6.10 Å². The topological polar surface area (TPSA) is 107 Å². The Morgan fingerprint density at radius 1 is 0.971 bits per heavy atom. The minimum absolute atomic E-state index is 0.270. The Kier molecular flexibility index (Phi) is 6.93. The zero-order valence-electron chi connectivity index (χ0n) is 18.9. The van der Waals surface area contributed by atoms with Crippen molar-refractivity contribution in [1.29, 1.82) is 0 Å². The van der Waals surface area contributed by atoms with Crippen LogP contribution < -0.4 is 10.6 Å². The minimum Gasteiger partial charge on any atom is -0.378 e. The fourth-order valence-corrected chi connectivity index (χ4v) is 4.55. The van der Waals surface area contributed by atoms with Gasteiger partial charge in [0, 0.05) is 17.5 Å². The van der Waals surface area contributed by atoms with E-state index in [4.69, 9.17) is 0 Å². The van der Waals surface area contributed by atoms with Crippen molar-refractivity contribution in [1.82, 2.24) is 15.5 Å². The predicted octanol–water partition coefficient (Wildman–Crippen LogP) is 3.86. The molecule has 2 atom stereocenters. The summed E-state index contributed by atoms with van der Waals surface area (Å²) in [4.78, 5) is 24.9. The lowest BCUT2D eigenvalue weighted by atomic mass is 9.76. The number of nitrogens with one attached hydrogen (secondary N) is 3. The highest BCUT2D eigenvalue weighted by Crippen LogP contribution is 2.46. The van der Waals surface area contributed by atoms with E-state index in [2.05, 4.69) is 20.8 Å². The third-order valence-electron chi connectivity index (χ3n) is 6.38. The Morgan fingerprint density at radius 2 is 1.60 bits per heavy atom. The van der Waals surface area contributed by atoms with Gasteiger partial charge in [0.1, 0.15) is 29.3 Å². The van der Waals surface area contributed by atoms with Crippen LogP contribution >= 0.6 is 0 Å². The van der Waals surface area contributed by atoms with Gasteiger partial charge in [-0.3, -0.25) is 14.7 Å². The van der Waals surface area contributed by atoms with Gasteiger partial charge in [-0.1, -0.05) is 25.0 Å². The van der Waals surface area contributed by atoms with Crippen LogP contribution in [0.1, 0.15) is 55.5 Å². The lowest BCUT2D eigenvalue weighted by Gasteiger charge is -2.27. The van der Waals surface area contributed by atoms with Gasteiger partial charge in [-0.2, -0.15) is 5.10 Å². The minimum atomic E-state index is -1.85. The summed E-state index contributed by atoms with van der Waals surface area (Å²) in [6.07, 6.45) is 1.80. The van der Waals surface area contributed by atoms with Gasteiger partial charge in [-0.05, 0) is 55.2 Å². The molecule has 35 heavy (non-hydrogen) atoms. The number of nitrogens with zero attached hydrogens (tertiary/aromatic N) is 1. The largest absolute Gasteiger partial charge is 0.378 e. The summed E-state index contributed by atoms with van der Waals surface area (Å²) in [5, 5.41) is 22.3. The number of aromatic nitrogens is 2. The van der Waals surface area contributed by atoms with Gasteiger partial charge in [0.2, 0.25) is 5.91 Å². The van der Waals surface area contributed by atoms with Crippen molar-refractivity contribution in [2.45, 2.75) is 50.2 Å². The van der Waals surface area contributed by atoms with Gasteiger partial charge < -0.3 is 15.7 Å². The first-order valence-corrected chi connectivity index (χ1v) is 11.3. The molecule has 2 unspecified atom stereocenters. The molecule has 0 radical (unpaired) electrons.